The summed E-state index contributed by atoms with van der Waals surface area (Å²) in [7, 11) is -4.63. The minimum atomic E-state index is -4.63. The number of hydrogen-bond acceptors (Lipinski definition) is 5. The molecule has 0 aliphatic heterocycles. The lowest BCUT2D eigenvalue weighted by Crippen LogP contribution is -2.14. The largest absolute Gasteiger partial charge is 0.455 e. The van der Waals surface area contributed by atoms with Crippen LogP contribution in [0.2, 0.25) is 0 Å². The lowest BCUT2D eigenvalue weighted by atomic mass is 10.1. The molecule has 0 saturated heterocycles. The molecule has 116 valence electrons. The van der Waals surface area contributed by atoms with E-state index in [1.165, 1.54) is 12.1 Å². The van der Waals surface area contributed by atoms with Gasteiger partial charge in [-0.2, -0.15) is 8.42 Å². The SMILES string of the molecule is O=Cc1c(-c2ccccc2)oc2cccc(S(=O)(=O)O)c2c1=O. The van der Waals surface area contributed by atoms with Crippen molar-refractivity contribution in [3.8, 4) is 11.3 Å². The molecule has 0 spiro atoms. The maximum absolute atomic E-state index is 12.6. The summed E-state index contributed by atoms with van der Waals surface area (Å²) in [6.07, 6.45) is 0.314. The van der Waals surface area contributed by atoms with E-state index in [2.05, 4.69) is 0 Å². The predicted octanol–water partition coefficient (Wildman–Crippen LogP) is 2.52. The van der Waals surface area contributed by atoms with Crippen molar-refractivity contribution < 1.29 is 22.2 Å². The number of hydrogen-bond donors (Lipinski definition) is 1. The Balaban J connectivity index is 2.49. The summed E-state index contributed by atoms with van der Waals surface area (Å²) in [5.41, 5.74) is -0.645. The Morgan fingerprint density at radius 3 is 2.30 bits per heavy atom. The fourth-order valence-electron chi connectivity index (χ4n) is 2.35. The monoisotopic (exact) mass is 330 g/mol. The van der Waals surface area contributed by atoms with Crippen molar-refractivity contribution in [3.63, 3.8) is 0 Å². The highest BCUT2D eigenvalue weighted by atomic mass is 32.2. The van der Waals surface area contributed by atoms with E-state index in [0.717, 1.165) is 6.07 Å². The third-order valence-corrected chi connectivity index (χ3v) is 4.24. The number of rotatable bonds is 3. The van der Waals surface area contributed by atoms with Crippen LogP contribution in [0.5, 0.6) is 0 Å². The molecule has 23 heavy (non-hydrogen) atoms. The molecule has 0 aliphatic rings. The minimum absolute atomic E-state index is 0.0328. The summed E-state index contributed by atoms with van der Waals surface area (Å²) >= 11 is 0. The van der Waals surface area contributed by atoms with Gasteiger partial charge in [0.15, 0.2) is 6.29 Å². The van der Waals surface area contributed by atoms with Crippen LogP contribution in [0.3, 0.4) is 0 Å². The van der Waals surface area contributed by atoms with Crippen LogP contribution in [-0.4, -0.2) is 19.3 Å². The smallest absolute Gasteiger partial charge is 0.295 e. The van der Waals surface area contributed by atoms with E-state index < -0.39 is 20.4 Å². The van der Waals surface area contributed by atoms with Crippen molar-refractivity contribution in [2.75, 3.05) is 0 Å². The number of fused-ring (bicyclic) bond motifs is 1. The summed E-state index contributed by atoms with van der Waals surface area (Å²) in [6, 6.07) is 12.3. The van der Waals surface area contributed by atoms with Crippen LogP contribution >= 0.6 is 0 Å². The average molecular weight is 330 g/mol. The summed E-state index contributed by atoms with van der Waals surface area (Å²) in [6.45, 7) is 0. The fraction of sp³-hybridized carbons (Fsp3) is 0. The Hall–Kier alpha value is -2.77. The molecule has 0 amide bonds. The van der Waals surface area contributed by atoms with E-state index in [1.54, 1.807) is 30.3 Å². The predicted molar refractivity (Wildman–Crippen MR) is 83.1 cm³/mol. The summed E-state index contributed by atoms with van der Waals surface area (Å²) < 4.78 is 37.7. The number of carbonyl (C=O) groups excluding carboxylic acids is 1. The molecule has 3 rings (SSSR count). The first-order chi connectivity index (χ1) is 10.9. The van der Waals surface area contributed by atoms with E-state index in [1.807, 2.05) is 0 Å². The second kappa shape index (κ2) is 5.45. The highest BCUT2D eigenvalue weighted by Gasteiger charge is 2.22. The lowest BCUT2D eigenvalue weighted by Gasteiger charge is -2.08. The van der Waals surface area contributed by atoms with Crippen LogP contribution < -0.4 is 5.43 Å². The normalized spacial score (nSPS) is 11.5. The first-order valence-corrected chi connectivity index (χ1v) is 7.95. The highest BCUT2D eigenvalue weighted by molar-refractivity contribution is 7.86. The minimum Gasteiger partial charge on any atom is -0.455 e. The van der Waals surface area contributed by atoms with E-state index in [0.29, 0.717) is 11.8 Å². The van der Waals surface area contributed by atoms with Gasteiger partial charge in [0.05, 0.1) is 5.39 Å². The first-order valence-electron chi connectivity index (χ1n) is 6.51. The second-order valence-corrected chi connectivity index (χ2v) is 6.15. The molecule has 0 unspecified atom stereocenters. The van der Waals surface area contributed by atoms with Crippen molar-refractivity contribution >= 4 is 27.4 Å². The number of benzene rings is 2. The molecule has 2 aromatic carbocycles. The lowest BCUT2D eigenvalue weighted by molar-refractivity contribution is 0.112. The van der Waals surface area contributed by atoms with E-state index in [-0.39, 0.29) is 22.3 Å². The Labute approximate surface area is 130 Å². The van der Waals surface area contributed by atoms with Crippen molar-refractivity contribution in [2.24, 2.45) is 0 Å². The van der Waals surface area contributed by atoms with Gasteiger partial charge in [0.2, 0.25) is 5.43 Å². The van der Waals surface area contributed by atoms with Gasteiger partial charge in [-0.15, -0.1) is 0 Å². The number of carbonyl (C=O) groups is 1. The van der Waals surface area contributed by atoms with Crippen LogP contribution in [0, 0.1) is 0 Å². The third kappa shape index (κ3) is 2.56. The van der Waals surface area contributed by atoms with Crippen LogP contribution in [0.1, 0.15) is 10.4 Å². The van der Waals surface area contributed by atoms with Crippen LogP contribution in [-0.2, 0) is 10.1 Å². The molecular weight excluding hydrogens is 320 g/mol. The van der Waals surface area contributed by atoms with Crippen LogP contribution in [0.15, 0.2) is 62.6 Å². The molecule has 1 aromatic heterocycles. The molecule has 0 bridgehead atoms. The molecule has 1 heterocycles. The third-order valence-electron chi connectivity index (χ3n) is 3.35. The molecule has 6 nitrogen and oxygen atoms in total. The molecule has 0 aliphatic carbocycles. The van der Waals surface area contributed by atoms with Gasteiger partial charge < -0.3 is 4.42 Å². The Bertz CT molecular complexity index is 1060. The quantitative estimate of drug-likeness (QED) is 0.585. The molecule has 0 radical (unpaired) electrons. The topological polar surface area (TPSA) is 102 Å². The fourth-order valence-corrected chi connectivity index (χ4v) is 3.05. The number of aldehydes is 1. The maximum Gasteiger partial charge on any atom is 0.295 e. The highest BCUT2D eigenvalue weighted by Crippen LogP contribution is 2.27. The van der Waals surface area contributed by atoms with Gasteiger partial charge in [-0.3, -0.25) is 14.1 Å². The molecular formula is C16H10O6S. The standard InChI is InChI=1S/C16H10O6S/c17-9-11-15(18)14-12(7-4-8-13(14)23(19,20)21)22-16(11)10-5-2-1-3-6-10/h1-9H,(H,19,20,21). The molecule has 3 aromatic rings. The van der Waals surface area contributed by atoms with E-state index >= 15 is 0 Å². The Kier molecular flexibility index (Phi) is 3.59. The van der Waals surface area contributed by atoms with Crippen LogP contribution in [0.25, 0.3) is 22.3 Å². The maximum atomic E-state index is 12.6. The zero-order chi connectivity index (χ0) is 16.6. The zero-order valence-corrected chi connectivity index (χ0v) is 12.4. The average Bonchev–Trinajstić information content (AvgIpc) is 2.54. The van der Waals surface area contributed by atoms with Gasteiger partial charge in [-0.05, 0) is 12.1 Å². The van der Waals surface area contributed by atoms with Gasteiger partial charge >= 0.3 is 0 Å². The van der Waals surface area contributed by atoms with Gasteiger partial charge in [-0.25, -0.2) is 0 Å². The summed E-state index contributed by atoms with van der Waals surface area (Å²) in [5.74, 6) is 0.0468. The molecule has 1 N–H and O–H groups in total. The van der Waals surface area contributed by atoms with Crippen molar-refractivity contribution in [2.45, 2.75) is 4.90 Å². The van der Waals surface area contributed by atoms with Crippen LogP contribution in [0.4, 0.5) is 0 Å². The second-order valence-electron chi connectivity index (χ2n) is 4.76. The van der Waals surface area contributed by atoms with Gasteiger partial charge in [-0.1, -0.05) is 36.4 Å². The molecule has 0 fully saturated rings. The molecule has 0 saturated carbocycles. The van der Waals surface area contributed by atoms with Crippen molar-refractivity contribution in [1.82, 2.24) is 0 Å². The van der Waals surface area contributed by atoms with E-state index in [9.17, 15) is 22.6 Å². The summed E-state index contributed by atoms with van der Waals surface area (Å²) in [4.78, 5) is 23.3. The Morgan fingerprint density at radius 2 is 1.70 bits per heavy atom. The molecule has 7 heteroatoms. The van der Waals surface area contributed by atoms with Gasteiger partial charge in [0.25, 0.3) is 10.1 Å². The molecule has 0 atom stereocenters. The van der Waals surface area contributed by atoms with Crippen molar-refractivity contribution in [3.05, 3.63) is 64.3 Å². The Morgan fingerprint density at radius 1 is 1.00 bits per heavy atom. The van der Waals surface area contributed by atoms with E-state index in [4.69, 9.17) is 4.42 Å². The van der Waals surface area contributed by atoms with Gasteiger partial charge in [0.1, 0.15) is 21.8 Å². The first kappa shape index (κ1) is 15.1. The zero-order valence-electron chi connectivity index (χ0n) is 11.6. The van der Waals surface area contributed by atoms with Gasteiger partial charge in [0, 0.05) is 5.56 Å². The summed E-state index contributed by atoms with van der Waals surface area (Å²) in [5, 5.41) is -0.350. The van der Waals surface area contributed by atoms with Crippen molar-refractivity contribution in [1.29, 1.82) is 0 Å².